The van der Waals surface area contributed by atoms with Crippen molar-refractivity contribution in [3.63, 3.8) is 0 Å². The summed E-state index contributed by atoms with van der Waals surface area (Å²) in [4.78, 5) is 24.1. The molecule has 2 amide bonds. The van der Waals surface area contributed by atoms with Gasteiger partial charge in [-0.1, -0.05) is 0 Å². The molecule has 0 aliphatic carbocycles. The molecule has 1 aliphatic rings. The molecule has 0 aromatic rings. The number of amides is 2. The van der Waals surface area contributed by atoms with E-state index < -0.39 is 18.0 Å². The van der Waals surface area contributed by atoms with Gasteiger partial charge in [0.05, 0.1) is 0 Å². The number of hydrogen-bond acceptors (Lipinski definition) is 3. The van der Waals surface area contributed by atoms with Crippen LogP contribution in [0.1, 0.15) is 19.8 Å². The summed E-state index contributed by atoms with van der Waals surface area (Å²) < 4.78 is 0. The van der Waals surface area contributed by atoms with Gasteiger partial charge in [-0.15, -0.1) is 0 Å². The molecule has 1 atom stereocenters. The van der Waals surface area contributed by atoms with E-state index in [-0.39, 0.29) is 6.04 Å². The molecule has 1 rings (SSSR count). The Morgan fingerprint density at radius 1 is 1.38 bits per heavy atom. The van der Waals surface area contributed by atoms with Gasteiger partial charge in [-0.2, -0.15) is 0 Å². The van der Waals surface area contributed by atoms with Crippen LogP contribution in [-0.4, -0.2) is 54.2 Å². The average molecular weight is 229 g/mol. The number of aliphatic carboxylic acids is 1. The lowest BCUT2D eigenvalue weighted by atomic mass is 10.1. The molecule has 0 saturated carbocycles. The summed E-state index contributed by atoms with van der Waals surface area (Å²) in [6.45, 7) is 3.36. The van der Waals surface area contributed by atoms with Gasteiger partial charge in [0.15, 0.2) is 0 Å². The first-order valence-electron chi connectivity index (χ1n) is 5.47. The number of hydrogen-bond donors (Lipinski definition) is 3. The SMILES string of the molecule is CC(NC(=O)NC1CCN(C)CC1)C(=O)O. The first kappa shape index (κ1) is 12.8. The Balaban J connectivity index is 2.26. The molecule has 6 heteroatoms. The number of carboxylic acid groups (broad SMARTS) is 1. The van der Waals surface area contributed by atoms with Crippen LogP contribution in [0.5, 0.6) is 0 Å². The molecule has 0 spiro atoms. The highest BCUT2D eigenvalue weighted by atomic mass is 16.4. The Morgan fingerprint density at radius 3 is 2.44 bits per heavy atom. The smallest absolute Gasteiger partial charge is 0.325 e. The fraction of sp³-hybridized carbons (Fsp3) is 0.800. The zero-order valence-electron chi connectivity index (χ0n) is 9.69. The largest absolute Gasteiger partial charge is 0.480 e. The summed E-state index contributed by atoms with van der Waals surface area (Å²) in [5, 5.41) is 13.8. The monoisotopic (exact) mass is 229 g/mol. The number of urea groups is 1. The molecule has 0 radical (unpaired) electrons. The van der Waals surface area contributed by atoms with E-state index in [1.54, 1.807) is 0 Å². The predicted molar refractivity (Wildman–Crippen MR) is 59.3 cm³/mol. The second kappa shape index (κ2) is 5.69. The molecule has 0 bridgehead atoms. The summed E-state index contributed by atoms with van der Waals surface area (Å²) in [5.41, 5.74) is 0. The summed E-state index contributed by atoms with van der Waals surface area (Å²) in [6.07, 6.45) is 1.82. The summed E-state index contributed by atoms with van der Waals surface area (Å²) >= 11 is 0. The highest BCUT2D eigenvalue weighted by molar-refractivity contribution is 5.82. The number of likely N-dealkylation sites (tertiary alicyclic amines) is 1. The van der Waals surface area contributed by atoms with Crippen LogP contribution in [0, 0.1) is 0 Å². The van der Waals surface area contributed by atoms with E-state index in [0.29, 0.717) is 0 Å². The minimum absolute atomic E-state index is 0.150. The van der Waals surface area contributed by atoms with E-state index in [0.717, 1.165) is 25.9 Å². The van der Waals surface area contributed by atoms with Crippen molar-refractivity contribution in [2.24, 2.45) is 0 Å². The number of carbonyl (C=O) groups is 2. The lowest BCUT2D eigenvalue weighted by molar-refractivity contribution is -0.138. The lowest BCUT2D eigenvalue weighted by Gasteiger charge is -2.29. The third kappa shape index (κ3) is 4.06. The minimum Gasteiger partial charge on any atom is -0.480 e. The lowest BCUT2D eigenvalue weighted by Crippen LogP contribution is -2.50. The van der Waals surface area contributed by atoms with Gasteiger partial charge >= 0.3 is 12.0 Å². The van der Waals surface area contributed by atoms with Crippen LogP contribution in [-0.2, 0) is 4.79 Å². The van der Waals surface area contributed by atoms with Crippen LogP contribution >= 0.6 is 0 Å². The van der Waals surface area contributed by atoms with Gasteiger partial charge in [0.1, 0.15) is 6.04 Å². The van der Waals surface area contributed by atoms with Gasteiger partial charge in [0.25, 0.3) is 0 Å². The number of carboxylic acids is 1. The maximum Gasteiger partial charge on any atom is 0.325 e. The third-order valence-electron chi connectivity index (χ3n) is 2.77. The van der Waals surface area contributed by atoms with Gasteiger partial charge in [-0.25, -0.2) is 4.79 Å². The van der Waals surface area contributed by atoms with Gasteiger partial charge in [-0.05, 0) is 39.9 Å². The van der Waals surface area contributed by atoms with Crippen LogP contribution in [0.4, 0.5) is 4.79 Å². The normalized spacial score (nSPS) is 20.1. The zero-order chi connectivity index (χ0) is 12.1. The average Bonchev–Trinajstić information content (AvgIpc) is 2.21. The van der Waals surface area contributed by atoms with E-state index in [9.17, 15) is 9.59 Å². The van der Waals surface area contributed by atoms with Crippen LogP contribution in [0.25, 0.3) is 0 Å². The molecule has 1 aliphatic heterocycles. The molecule has 92 valence electrons. The number of nitrogens with zero attached hydrogens (tertiary/aromatic N) is 1. The Kier molecular flexibility index (Phi) is 4.54. The van der Waals surface area contributed by atoms with Gasteiger partial charge in [0, 0.05) is 6.04 Å². The molecule has 1 unspecified atom stereocenters. The summed E-state index contributed by atoms with van der Waals surface area (Å²) in [7, 11) is 2.04. The summed E-state index contributed by atoms with van der Waals surface area (Å²) in [5.74, 6) is -1.03. The van der Waals surface area contributed by atoms with Crippen molar-refractivity contribution >= 4 is 12.0 Å². The van der Waals surface area contributed by atoms with Crippen LogP contribution in [0.15, 0.2) is 0 Å². The van der Waals surface area contributed by atoms with Crippen molar-refractivity contribution in [1.29, 1.82) is 0 Å². The van der Waals surface area contributed by atoms with Crippen LogP contribution < -0.4 is 10.6 Å². The van der Waals surface area contributed by atoms with Crippen molar-refractivity contribution in [3.05, 3.63) is 0 Å². The molecule has 6 nitrogen and oxygen atoms in total. The Labute approximate surface area is 95.0 Å². The molecular weight excluding hydrogens is 210 g/mol. The Hall–Kier alpha value is -1.30. The predicted octanol–water partition coefficient (Wildman–Crippen LogP) is -0.147. The number of piperidine rings is 1. The fourth-order valence-corrected chi connectivity index (χ4v) is 1.64. The van der Waals surface area contributed by atoms with Crippen LogP contribution in [0.2, 0.25) is 0 Å². The summed E-state index contributed by atoms with van der Waals surface area (Å²) in [6, 6.07) is -1.10. The molecular formula is C10H19N3O3. The third-order valence-corrected chi connectivity index (χ3v) is 2.77. The minimum atomic E-state index is -1.03. The van der Waals surface area contributed by atoms with Crippen molar-refractivity contribution in [3.8, 4) is 0 Å². The van der Waals surface area contributed by atoms with Crippen molar-refractivity contribution < 1.29 is 14.7 Å². The quantitative estimate of drug-likeness (QED) is 0.629. The first-order valence-corrected chi connectivity index (χ1v) is 5.47. The van der Waals surface area contributed by atoms with E-state index >= 15 is 0 Å². The van der Waals surface area contributed by atoms with Crippen LogP contribution in [0.3, 0.4) is 0 Å². The van der Waals surface area contributed by atoms with Crippen molar-refractivity contribution in [2.75, 3.05) is 20.1 Å². The van der Waals surface area contributed by atoms with Gasteiger partial charge in [-0.3, -0.25) is 4.79 Å². The Morgan fingerprint density at radius 2 is 1.94 bits per heavy atom. The highest BCUT2D eigenvalue weighted by Crippen LogP contribution is 2.07. The molecule has 16 heavy (non-hydrogen) atoms. The molecule has 0 aromatic carbocycles. The van der Waals surface area contributed by atoms with Gasteiger partial charge in [0.2, 0.25) is 0 Å². The standard InChI is InChI=1S/C10H19N3O3/c1-7(9(14)15)11-10(16)12-8-3-5-13(2)6-4-8/h7-8H,3-6H2,1-2H3,(H,14,15)(H2,11,12,16). The molecule has 1 heterocycles. The topological polar surface area (TPSA) is 81.7 Å². The second-order valence-corrected chi connectivity index (χ2v) is 4.26. The zero-order valence-corrected chi connectivity index (χ0v) is 9.69. The maximum absolute atomic E-state index is 11.4. The van der Waals surface area contributed by atoms with Crippen molar-refractivity contribution in [2.45, 2.75) is 31.8 Å². The van der Waals surface area contributed by atoms with Gasteiger partial charge < -0.3 is 20.6 Å². The highest BCUT2D eigenvalue weighted by Gasteiger charge is 2.20. The van der Waals surface area contributed by atoms with E-state index in [1.807, 2.05) is 7.05 Å². The molecule has 1 fully saturated rings. The first-order chi connectivity index (χ1) is 7.49. The fourth-order valence-electron chi connectivity index (χ4n) is 1.64. The Bertz CT molecular complexity index is 262. The molecule has 1 saturated heterocycles. The second-order valence-electron chi connectivity index (χ2n) is 4.26. The maximum atomic E-state index is 11.4. The number of nitrogens with one attached hydrogen (secondary N) is 2. The van der Waals surface area contributed by atoms with E-state index in [1.165, 1.54) is 6.92 Å². The number of rotatable bonds is 3. The molecule has 0 aromatic heterocycles. The number of carbonyl (C=O) groups excluding carboxylic acids is 1. The van der Waals surface area contributed by atoms with E-state index in [4.69, 9.17) is 5.11 Å². The van der Waals surface area contributed by atoms with Crippen molar-refractivity contribution in [1.82, 2.24) is 15.5 Å². The van der Waals surface area contributed by atoms with E-state index in [2.05, 4.69) is 15.5 Å². The molecule has 3 N–H and O–H groups in total.